The molecule has 0 aliphatic carbocycles. The summed E-state index contributed by atoms with van der Waals surface area (Å²) in [6.45, 7) is 3.83. The third kappa shape index (κ3) is 3.74. The second-order valence-electron chi connectivity index (χ2n) is 8.62. The van der Waals surface area contributed by atoms with Crippen molar-refractivity contribution >= 4 is 46.5 Å². The summed E-state index contributed by atoms with van der Waals surface area (Å²) in [5, 5.41) is 2.90. The number of para-hydroxylation sites is 1. The minimum Gasteiger partial charge on any atom is -0.497 e. The van der Waals surface area contributed by atoms with Crippen LogP contribution in [0, 0.1) is 13.8 Å². The van der Waals surface area contributed by atoms with Gasteiger partial charge in [0, 0.05) is 23.0 Å². The lowest BCUT2D eigenvalue weighted by molar-refractivity contribution is -0.124. The number of methoxy groups -OCH3 is 1. The first-order valence-electron chi connectivity index (χ1n) is 11.2. The highest BCUT2D eigenvalue weighted by Gasteiger charge is 2.61. The monoisotopic (exact) mass is 487 g/mol. The predicted molar refractivity (Wildman–Crippen MR) is 138 cm³/mol. The number of ether oxygens (including phenoxy) is 1. The molecule has 8 heteroatoms. The van der Waals surface area contributed by atoms with E-state index in [2.05, 4.69) is 5.32 Å². The number of thioether (sulfide) groups is 1. The number of benzene rings is 3. The summed E-state index contributed by atoms with van der Waals surface area (Å²) in [5.41, 5.74) is 4.78. The van der Waals surface area contributed by atoms with Gasteiger partial charge in [-0.2, -0.15) is 0 Å². The maximum Gasteiger partial charge on any atom is 0.269 e. The van der Waals surface area contributed by atoms with E-state index in [1.54, 1.807) is 36.3 Å². The van der Waals surface area contributed by atoms with E-state index in [1.165, 1.54) is 16.7 Å². The average molecular weight is 488 g/mol. The van der Waals surface area contributed by atoms with E-state index in [9.17, 15) is 14.4 Å². The van der Waals surface area contributed by atoms with Gasteiger partial charge in [0.1, 0.15) is 12.3 Å². The Morgan fingerprint density at radius 2 is 1.83 bits per heavy atom. The first kappa shape index (κ1) is 23.0. The van der Waals surface area contributed by atoms with Gasteiger partial charge >= 0.3 is 0 Å². The summed E-state index contributed by atoms with van der Waals surface area (Å²) in [7, 11) is 1.56. The van der Waals surface area contributed by atoms with Gasteiger partial charge in [-0.3, -0.25) is 24.2 Å². The van der Waals surface area contributed by atoms with Crippen LogP contribution in [0.5, 0.6) is 5.75 Å². The molecule has 2 heterocycles. The van der Waals surface area contributed by atoms with Crippen molar-refractivity contribution in [2.75, 3.05) is 34.5 Å². The molecule has 0 radical (unpaired) electrons. The molecule has 3 aromatic rings. The Morgan fingerprint density at radius 3 is 2.60 bits per heavy atom. The number of nitrogens with one attached hydrogen (secondary N) is 1. The van der Waals surface area contributed by atoms with Crippen molar-refractivity contribution in [3.05, 3.63) is 83.4 Å². The number of carbonyl (C=O) groups excluding carboxylic acids is 3. The van der Waals surface area contributed by atoms with Crippen molar-refractivity contribution in [2.24, 2.45) is 0 Å². The van der Waals surface area contributed by atoms with E-state index in [1.807, 2.05) is 56.3 Å². The summed E-state index contributed by atoms with van der Waals surface area (Å²) in [6.07, 6.45) is 0. The average Bonchev–Trinajstić information content (AvgIpc) is 3.32. The van der Waals surface area contributed by atoms with E-state index in [0.29, 0.717) is 28.4 Å². The number of anilines is 3. The number of hydrogen-bond donors (Lipinski definition) is 1. The zero-order valence-electron chi connectivity index (χ0n) is 19.7. The molecule has 5 rings (SSSR count). The normalized spacial score (nSPS) is 18.8. The molecule has 178 valence electrons. The first-order chi connectivity index (χ1) is 16.8. The lowest BCUT2D eigenvalue weighted by Crippen LogP contribution is -2.50. The van der Waals surface area contributed by atoms with Gasteiger partial charge in [0.15, 0.2) is 0 Å². The molecule has 1 unspecified atom stereocenters. The molecule has 0 saturated carbocycles. The lowest BCUT2D eigenvalue weighted by Gasteiger charge is -2.33. The number of fused-ring (bicyclic) bond motifs is 2. The Labute approximate surface area is 208 Å². The van der Waals surface area contributed by atoms with Gasteiger partial charge in [0.2, 0.25) is 16.7 Å². The summed E-state index contributed by atoms with van der Waals surface area (Å²) >= 11 is 1.28. The molecule has 0 bridgehead atoms. The second kappa shape index (κ2) is 8.78. The summed E-state index contributed by atoms with van der Waals surface area (Å²) in [6, 6.07) is 20.2. The molecule has 1 N–H and O–H groups in total. The molecule has 3 amide bonds. The van der Waals surface area contributed by atoms with Gasteiger partial charge in [0.05, 0.1) is 18.6 Å². The predicted octanol–water partition coefficient (Wildman–Crippen LogP) is 4.23. The van der Waals surface area contributed by atoms with Crippen LogP contribution >= 0.6 is 11.8 Å². The van der Waals surface area contributed by atoms with E-state index >= 15 is 0 Å². The number of carbonyl (C=O) groups is 3. The molecular formula is C27H25N3O4S. The highest BCUT2D eigenvalue weighted by Crippen LogP contribution is 2.55. The molecule has 1 atom stereocenters. The Balaban J connectivity index is 1.50. The summed E-state index contributed by atoms with van der Waals surface area (Å²) in [4.78, 5) is 41.9. The number of nitrogens with zero attached hydrogens (tertiary/aromatic N) is 2. The molecule has 2 aliphatic rings. The molecule has 0 aromatic heterocycles. The van der Waals surface area contributed by atoms with Crippen LogP contribution in [0.15, 0.2) is 66.7 Å². The van der Waals surface area contributed by atoms with Crippen molar-refractivity contribution in [3.63, 3.8) is 0 Å². The summed E-state index contributed by atoms with van der Waals surface area (Å²) in [5.74, 6) is -0.0539. The quantitative estimate of drug-likeness (QED) is 0.583. The number of hydrogen-bond acceptors (Lipinski definition) is 5. The molecule has 35 heavy (non-hydrogen) atoms. The number of amides is 3. The SMILES string of the molecule is COc1cccc(N2C(=O)CSC23C(=O)N(CC(=O)Nc2ccc(C)c(C)c2)c2ccccc23)c1. The highest BCUT2D eigenvalue weighted by atomic mass is 32.2. The Hall–Kier alpha value is -3.78. The second-order valence-corrected chi connectivity index (χ2v) is 9.79. The molecule has 1 spiro atoms. The fraction of sp³-hybridized carbons (Fsp3) is 0.222. The molecule has 1 saturated heterocycles. The zero-order chi connectivity index (χ0) is 24.7. The number of aryl methyl sites for hydroxylation is 2. The Kier molecular flexibility index (Phi) is 5.76. The van der Waals surface area contributed by atoms with Gasteiger partial charge in [-0.25, -0.2) is 0 Å². The van der Waals surface area contributed by atoms with Gasteiger partial charge in [0.25, 0.3) is 5.91 Å². The maximum absolute atomic E-state index is 14.1. The van der Waals surface area contributed by atoms with Crippen molar-refractivity contribution in [1.82, 2.24) is 0 Å². The molecular weight excluding hydrogens is 462 g/mol. The van der Waals surface area contributed by atoms with Gasteiger partial charge in [-0.05, 0) is 55.3 Å². The summed E-state index contributed by atoms with van der Waals surface area (Å²) < 4.78 is 5.35. The third-order valence-electron chi connectivity index (χ3n) is 6.47. The van der Waals surface area contributed by atoms with Crippen LogP contribution in [0.3, 0.4) is 0 Å². The van der Waals surface area contributed by atoms with E-state index in [4.69, 9.17) is 4.74 Å². The zero-order valence-corrected chi connectivity index (χ0v) is 20.5. The van der Waals surface area contributed by atoms with Crippen molar-refractivity contribution in [2.45, 2.75) is 18.7 Å². The fourth-order valence-electron chi connectivity index (χ4n) is 4.63. The van der Waals surface area contributed by atoms with Crippen LogP contribution in [0.4, 0.5) is 17.1 Å². The highest BCUT2D eigenvalue weighted by molar-refractivity contribution is 8.02. The number of rotatable bonds is 5. The topological polar surface area (TPSA) is 79.0 Å². The van der Waals surface area contributed by atoms with Crippen molar-refractivity contribution in [3.8, 4) is 5.75 Å². The molecule has 7 nitrogen and oxygen atoms in total. The van der Waals surface area contributed by atoms with Crippen LogP contribution in [0.2, 0.25) is 0 Å². The first-order valence-corrected chi connectivity index (χ1v) is 12.2. The van der Waals surface area contributed by atoms with Gasteiger partial charge < -0.3 is 10.1 Å². The molecule has 2 aliphatic heterocycles. The molecule has 1 fully saturated rings. The Bertz CT molecular complexity index is 1360. The van der Waals surface area contributed by atoms with Crippen LogP contribution in [-0.2, 0) is 19.3 Å². The minimum absolute atomic E-state index is 0.153. The molecule has 3 aromatic carbocycles. The standard InChI is InChI=1S/C27H25N3O4S/c1-17-11-12-19(13-18(17)2)28-24(31)15-29-23-10-5-4-9-22(23)27(26(29)33)30(25(32)16-35-27)20-7-6-8-21(14-20)34-3/h4-14H,15-16H2,1-3H3,(H,28,31). The van der Waals surface area contributed by atoms with E-state index < -0.39 is 4.87 Å². The largest absolute Gasteiger partial charge is 0.497 e. The third-order valence-corrected chi connectivity index (χ3v) is 7.85. The fourth-order valence-corrected chi connectivity index (χ4v) is 5.98. The maximum atomic E-state index is 14.1. The smallest absolute Gasteiger partial charge is 0.269 e. The van der Waals surface area contributed by atoms with Crippen molar-refractivity contribution in [1.29, 1.82) is 0 Å². The van der Waals surface area contributed by atoms with Crippen LogP contribution < -0.4 is 19.9 Å². The van der Waals surface area contributed by atoms with E-state index in [-0.39, 0.29) is 30.0 Å². The van der Waals surface area contributed by atoms with Crippen molar-refractivity contribution < 1.29 is 19.1 Å². The van der Waals surface area contributed by atoms with Crippen LogP contribution in [0.1, 0.15) is 16.7 Å². The Morgan fingerprint density at radius 1 is 1.03 bits per heavy atom. The van der Waals surface area contributed by atoms with Gasteiger partial charge in [-0.15, -0.1) is 11.8 Å². The van der Waals surface area contributed by atoms with Crippen LogP contribution in [-0.4, -0.2) is 37.1 Å². The van der Waals surface area contributed by atoms with Crippen LogP contribution in [0.25, 0.3) is 0 Å². The van der Waals surface area contributed by atoms with Gasteiger partial charge in [-0.1, -0.05) is 30.3 Å². The minimum atomic E-state index is -1.28. The van der Waals surface area contributed by atoms with E-state index in [0.717, 1.165) is 11.1 Å². The lowest BCUT2D eigenvalue weighted by atomic mass is 10.0.